The fourth-order valence-corrected chi connectivity index (χ4v) is 2.85. The summed E-state index contributed by atoms with van der Waals surface area (Å²) in [5.74, 6) is 0.528. The average molecular weight is 266 g/mol. The fraction of sp³-hybridized carbons (Fsp3) is 1.00. The van der Waals surface area contributed by atoms with Gasteiger partial charge in [-0.25, -0.2) is 8.42 Å². The summed E-state index contributed by atoms with van der Waals surface area (Å²) in [6, 6.07) is 0. The Hall–Kier alpha value is -0.170. The molecular formula is C11H26N2O3S. The Morgan fingerprint density at radius 2 is 1.82 bits per heavy atom. The van der Waals surface area contributed by atoms with Gasteiger partial charge >= 0.3 is 0 Å². The van der Waals surface area contributed by atoms with Crippen molar-refractivity contribution in [1.82, 2.24) is 4.90 Å². The lowest BCUT2D eigenvalue weighted by Gasteiger charge is -2.20. The van der Waals surface area contributed by atoms with Crippen LogP contribution in [0.25, 0.3) is 0 Å². The van der Waals surface area contributed by atoms with Crippen molar-refractivity contribution in [2.45, 2.75) is 20.3 Å². The van der Waals surface area contributed by atoms with Gasteiger partial charge in [-0.15, -0.1) is 0 Å². The molecule has 0 heterocycles. The molecule has 0 bridgehead atoms. The second-order valence-corrected chi connectivity index (χ2v) is 6.29. The Morgan fingerprint density at radius 1 is 1.12 bits per heavy atom. The van der Waals surface area contributed by atoms with Gasteiger partial charge in [-0.05, 0) is 13.0 Å². The molecule has 0 aromatic rings. The van der Waals surface area contributed by atoms with E-state index in [1.165, 1.54) is 0 Å². The van der Waals surface area contributed by atoms with E-state index in [2.05, 4.69) is 4.90 Å². The number of hydrogen-bond donors (Lipinski definition) is 1. The smallest absolute Gasteiger partial charge is 0.151 e. The second-order valence-electron chi connectivity index (χ2n) is 3.99. The van der Waals surface area contributed by atoms with E-state index < -0.39 is 9.84 Å². The molecule has 104 valence electrons. The maximum Gasteiger partial charge on any atom is 0.151 e. The van der Waals surface area contributed by atoms with E-state index in [1.807, 2.05) is 13.8 Å². The number of ether oxygens (including phenoxy) is 1. The van der Waals surface area contributed by atoms with Crippen LogP contribution >= 0.6 is 0 Å². The van der Waals surface area contributed by atoms with Gasteiger partial charge in [-0.2, -0.15) is 0 Å². The van der Waals surface area contributed by atoms with Crippen LogP contribution in [-0.2, 0) is 14.6 Å². The molecule has 0 spiro atoms. The molecule has 0 unspecified atom stereocenters. The molecule has 0 atom stereocenters. The average Bonchev–Trinajstić information content (AvgIpc) is 2.28. The van der Waals surface area contributed by atoms with Crippen molar-refractivity contribution in [2.24, 2.45) is 5.73 Å². The van der Waals surface area contributed by atoms with Crippen molar-refractivity contribution in [2.75, 3.05) is 50.9 Å². The zero-order valence-corrected chi connectivity index (χ0v) is 11.8. The number of rotatable bonds is 11. The summed E-state index contributed by atoms with van der Waals surface area (Å²) < 4.78 is 28.4. The third-order valence-corrected chi connectivity index (χ3v) is 4.33. The summed E-state index contributed by atoms with van der Waals surface area (Å²) in [6.45, 7) is 7.79. The van der Waals surface area contributed by atoms with Crippen LogP contribution in [0, 0.1) is 0 Å². The fourth-order valence-electron chi connectivity index (χ4n) is 1.49. The summed E-state index contributed by atoms with van der Waals surface area (Å²) in [7, 11) is -2.87. The minimum Gasteiger partial charge on any atom is -0.379 e. The van der Waals surface area contributed by atoms with Crippen molar-refractivity contribution in [3.05, 3.63) is 0 Å². The van der Waals surface area contributed by atoms with E-state index >= 15 is 0 Å². The van der Waals surface area contributed by atoms with Gasteiger partial charge in [0.25, 0.3) is 0 Å². The summed E-state index contributed by atoms with van der Waals surface area (Å²) in [6.07, 6.45) is 0.689. The van der Waals surface area contributed by atoms with Gasteiger partial charge in [0.2, 0.25) is 0 Å². The van der Waals surface area contributed by atoms with E-state index in [0.717, 1.165) is 13.1 Å². The maximum atomic E-state index is 11.6. The highest BCUT2D eigenvalue weighted by Crippen LogP contribution is 1.96. The van der Waals surface area contributed by atoms with Crippen LogP contribution in [0.3, 0.4) is 0 Å². The molecule has 0 rings (SSSR count). The molecule has 0 aromatic heterocycles. The summed E-state index contributed by atoms with van der Waals surface area (Å²) in [5, 5.41) is 0. The highest BCUT2D eigenvalue weighted by atomic mass is 32.2. The molecule has 0 amide bonds. The molecule has 17 heavy (non-hydrogen) atoms. The predicted molar refractivity (Wildman–Crippen MR) is 70.9 cm³/mol. The molecule has 6 heteroatoms. The van der Waals surface area contributed by atoms with Gasteiger partial charge in [-0.3, -0.25) is 0 Å². The van der Waals surface area contributed by atoms with E-state index in [0.29, 0.717) is 32.7 Å². The molecule has 0 aliphatic rings. The zero-order valence-electron chi connectivity index (χ0n) is 11.0. The van der Waals surface area contributed by atoms with Crippen LogP contribution in [-0.4, -0.2) is 64.2 Å². The predicted octanol–water partition coefficient (Wildman–Crippen LogP) is 0.108. The molecule has 0 saturated carbocycles. The first-order valence-corrected chi connectivity index (χ1v) is 8.08. The highest BCUT2D eigenvalue weighted by Gasteiger charge is 2.11. The molecule has 0 aromatic carbocycles. The standard InChI is InChI=1S/C11H26N2O3S/c1-3-10-17(14,15)11-7-13(4-2)6-9-16-8-5-12/h3-12H2,1-2H3. The molecule has 2 N–H and O–H groups in total. The lowest BCUT2D eigenvalue weighted by molar-refractivity contribution is 0.113. The summed E-state index contributed by atoms with van der Waals surface area (Å²) in [5.41, 5.74) is 5.31. The molecule has 0 saturated heterocycles. The van der Waals surface area contributed by atoms with Crippen LogP contribution in [0.15, 0.2) is 0 Å². The molecule has 5 nitrogen and oxygen atoms in total. The van der Waals surface area contributed by atoms with E-state index in [9.17, 15) is 8.42 Å². The Bertz CT molecular complexity index is 268. The minimum absolute atomic E-state index is 0.242. The first-order chi connectivity index (χ1) is 8.05. The Morgan fingerprint density at radius 3 is 2.35 bits per heavy atom. The van der Waals surface area contributed by atoms with E-state index in [4.69, 9.17) is 10.5 Å². The topological polar surface area (TPSA) is 72.6 Å². The first-order valence-electron chi connectivity index (χ1n) is 6.26. The van der Waals surface area contributed by atoms with Gasteiger partial charge < -0.3 is 15.4 Å². The Kier molecular flexibility index (Phi) is 9.72. The second kappa shape index (κ2) is 9.82. The Balaban J connectivity index is 3.81. The monoisotopic (exact) mass is 266 g/mol. The molecule has 0 fully saturated rings. The largest absolute Gasteiger partial charge is 0.379 e. The van der Waals surface area contributed by atoms with E-state index in [1.54, 1.807) is 0 Å². The summed E-state index contributed by atoms with van der Waals surface area (Å²) in [4.78, 5) is 2.09. The van der Waals surface area contributed by atoms with Gasteiger partial charge in [0.15, 0.2) is 9.84 Å². The third-order valence-electron chi connectivity index (χ3n) is 2.49. The summed E-state index contributed by atoms with van der Waals surface area (Å²) >= 11 is 0. The van der Waals surface area contributed by atoms with Crippen molar-refractivity contribution in [3.63, 3.8) is 0 Å². The van der Waals surface area contributed by atoms with Crippen molar-refractivity contribution in [3.8, 4) is 0 Å². The van der Waals surface area contributed by atoms with E-state index in [-0.39, 0.29) is 11.5 Å². The molecule has 0 radical (unpaired) electrons. The number of hydrogen-bond acceptors (Lipinski definition) is 5. The number of sulfone groups is 1. The zero-order chi connectivity index (χ0) is 13.1. The number of nitrogens with zero attached hydrogens (tertiary/aromatic N) is 1. The number of likely N-dealkylation sites (N-methyl/N-ethyl adjacent to an activating group) is 1. The van der Waals surface area contributed by atoms with Crippen LogP contribution in [0.2, 0.25) is 0 Å². The van der Waals surface area contributed by atoms with Gasteiger partial charge in [0.05, 0.1) is 19.0 Å². The lowest BCUT2D eigenvalue weighted by atomic mass is 10.5. The Labute approximate surface area is 105 Å². The van der Waals surface area contributed by atoms with Crippen molar-refractivity contribution in [1.29, 1.82) is 0 Å². The van der Waals surface area contributed by atoms with Crippen molar-refractivity contribution < 1.29 is 13.2 Å². The highest BCUT2D eigenvalue weighted by molar-refractivity contribution is 7.91. The van der Waals surface area contributed by atoms with Crippen molar-refractivity contribution >= 4 is 9.84 Å². The van der Waals surface area contributed by atoms with Crippen LogP contribution in [0.4, 0.5) is 0 Å². The lowest BCUT2D eigenvalue weighted by Crippen LogP contribution is -2.33. The maximum absolute atomic E-state index is 11.6. The van der Waals surface area contributed by atoms with Gasteiger partial charge in [0.1, 0.15) is 0 Å². The van der Waals surface area contributed by atoms with Gasteiger partial charge in [0, 0.05) is 25.4 Å². The quantitative estimate of drug-likeness (QED) is 0.537. The molecule has 0 aliphatic heterocycles. The minimum atomic E-state index is -2.87. The van der Waals surface area contributed by atoms with Crippen LogP contribution < -0.4 is 5.73 Å². The SMILES string of the molecule is CCCS(=O)(=O)CCN(CC)CCOCCN. The van der Waals surface area contributed by atoms with Crippen LogP contribution in [0.5, 0.6) is 0 Å². The third kappa shape index (κ3) is 9.52. The first kappa shape index (κ1) is 16.8. The number of nitrogens with two attached hydrogens (primary N) is 1. The molecule has 0 aliphatic carbocycles. The normalized spacial score (nSPS) is 12.2. The van der Waals surface area contributed by atoms with Gasteiger partial charge in [-0.1, -0.05) is 13.8 Å². The van der Waals surface area contributed by atoms with Crippen LogP contribution in [0.1, 0.15) is 20.3 Å². The molecular weight excluding hydrogens is 240 g/mol.